The molecule has 3 nitrogen and oxygen atoms in total. The third-order valence-corrected chi connectivity index (χ3v) is 1.91. The van der Waals surface area contributed by atoms with Crippen LogP contribution in [0.5, 0.6) is 0 Å². The van der Waals surface area contributed by atoms with Gasteiger partial charge in [0.05, 0.1) is 4.90 Å². The van der Waals surface area contributed by atoms with Gasteiger partial charge in [0.1, 0.15) is 0 Å². The first kappa shape index (κ1) is 11.1. The van der Waals surface area contributed by atoms with E-state index in [0.29, 0.717) is 0 Å². The molecular weight excluding hydrogens is 175 g/mol. The molecule has 0 aromatic heterocycles. The Kier molecular flexibility index (Phi) is 4.28. The maximum absolute atomic E-state index is 10.4. The second kappa shape index (κ2) is 4.23. The number of hydrogen-bond acceptors (Lipinski definition) is 2. The molecule has 0 aliphatic carbocycles. The third kappa shape index (κ3) is 3.35. The number of benzene rings is 1. The average molecular weight is 181 g/mol. The van der Waals surface area contributed by atoms with Crippen molar-refractivity contribution in [3.63, 3.8) is 0 Å². The van der Waals surface area contributed by atoms with E-state index in [9.17, 15) is 8.42 Å². The van der Waals surface area contributed by atoms with Crippen LogP contribution >= 0.6 is 0 Å². The summed E-state index contributed by atoms with van der Waals surface area (Å²) in [5, 5.41) is 0. The van der Waals surface area contributed by atoms with Crippen LogP contribution in [0.15, 0.2) is 35.2 Å². The summed E-state index contributed by atoms with van der Waals surface area (Å²) in [6, 6.07) is 7.42. The quantitative estimate of drug-likeness (QED) is 0.508. The first-order chi connectivity index (χ1) is 4.61. The molecule has 0 heterocycles. The topological polar surface area (TPSA) is 54.4 Å². The molecule has 1 rings (SSSR count). The summed E-state index contributed by atoms with van der Waals surface area (Å²) in [6.45, 7) is 0. The molecule has 0 saturated heterocycles. The molecule has 55 valence electrons. The Morgan fingerprint density at radius 3 is 1.82 bits per heavy atom. The van der Waals surface area contributed by atoms with Crippen molar-refractivity contribution >= 4 is 39.7 Å². The van der Waals surface area contributed by atoms with Gasteiger partial charge in [0, 0.05) is 29.6 Å². The first-order valence-electron chi connectivity index (χ1n) is 2.63. The molecule has 5 heteroatoms. The zero-order chi connectivity index (χ0) is 7.61. The molecule has 1 aromatic rings. The van der Waals surface area contributed by atoms with Crippen molar-refractivity contribution in [1.29, 1.82) is 0 Å². The summed E-state index contributed by atoms with van der Waals surface area (Å²) in [6.07, 6.45) is 0. The second-order valence-corrected chi connectivity index (χ2v) is 3.21. The van der Waals surface area contributed by atoms with Gasteiger partial charge in [0.25, 0.3) is 10.1 Å². The molecule has 0 aliphatic heterocycles. The van der Waals surface area contributed by atoms with Gasteiger partial charge in [-0.3, -0.25) is 4.55 Å². The van der Waals surface area contributed by atoms with Crippen LogP contribution in [0.2, 0.25) is 0 Å². The molecule has 0 aliphatic rings. The summed E-state index contributed by atoms with van der Waals surface area (Å²) in [7, 11) is -4.00. The molecule has 11 heavy (non-hydrogen) atoms. The van der Waals surface area contributed by atoms with Gasteiger partial charge >= 0.3 is 0 Å². The fraction of sp³-hybridized carbons (Fsp3) is 0. The standard InChI is InChI=1S/C6H6O3S.Na/c7-10(8,9)6-4-2-1-3-5-6;/h1-5H,(H,7,8,9);. The van der Waals surface area contributed by atoms with Crippen LogP contribution in [0.3, 0.4) is 0 Å². The Morgan fingerprint density at radius 2 is 1.55 bits per heavy atom. The van der Waals surface area contributed by atoms with E-state index in [4.69, 9.17) is 4.55 Å². The maximum Gasteiger partial charge on any atom is 0.294 e. The Morgan fingerprint density at radius 1 is 1.09 bits per heavy atom. The minimum absolute atomic E-state index is 0. The molecule has 0 unspecified atom stereocenters. The molecule has 1 aromatic carbocycles. The summed E-state index contributed by atoms with van der Waals surface area (Å²) in [4.78, 5) is -0.0741. The van der Waals surface area contributed by atoms with E-state index in [2.05, 4.69) is 0 Å². The van der Waals surface area contributed by atoms with Crippen molar-refractivity contribution in [2.45, 2.75) is 4.90 Å². The van der Waals surface area contributed by atoms with Gasteiger partial charge in [-0.2, -0.15) is 8.42 Å². The van der Waals surface area contributed by atoms with Crippen LogP contribution in [0, 0.1) is 0 Å². The third-order valence-electron chi connectivity index (χ3n) is 1.04. The van der Waals surface area contributed by atoms with E-state index in [-0.39, 0.29) is 34.5 Å². The summed E-state index contributed by atoms with van der Waals surface area (Å²) in [5.41, 5.74) is 0. The van der Waals surface area contributed by atoms with Gasteiger partial charge in [-0.15, -0.1) is 0 Å². The van der Waals surface area contributed by atoms with E-state index < -0.39 is 10.1 Å². The normalized spacial score (nSPS) is 10.3. The first-order valence-corrected chi connectivity index (χ1v) is 4.07. The van der Waals surface area contributed by atoms with E-state index in [1.807, 2.05) is 0 Å². The largest absolute Gasteiger partial charge is 0.294 e. The second-order valence-electron chi connectivity index (χ2n) is 1.79. The molecule has 0 spiro atoms. The van der Waals surface area contributed by atoms with Gasteiger partial charge in [-0.05, 0) is 12.1 Å². The van der Waals surface area contributed by atoms with Gasteiger partial charge in [0.2, 0.25) is 0 Å². The summed E-state index contributed by atoms with van der Waals surface area (Å²) >= 11 is 0. The van der Waals surface area contributed by atoms with Crippen molar-refractivity contribution in [2.24, 2.45) is 0 Å². The molecule has 0 fully saturated rings. The molecule has 0 bridgehead atoms. The SMILES string of the molecule is O=S(=O)(O)c1ccccc1.[Na]. The minimum Gasteiger partial charge on any atom is -0.282 e. The van der Waals surface area contributed by atoms with Crippen molar-refractivity contribution in [1.82, 2.24) is 0 Å². The predicted molar refractivity (Wildman–Crippen MR) is 42.0 cm³/mol. The number of rotatable bonds is 1. The minimum atomic E-state index is -4.00. The summed E-state index contributed by atoms with van der Waals surface area (Å²) in [5.74, 6) is 0. The Labute approximate surface area is 87.5 Å². The van der Waals surface area contributed by atoms with Gasteiger partial charge in [0.15, 0.2) is 0 Å². The number of hydrogen-bond donors (Lipinski definition) is 1. The van der Waals surface area contributed by atoms with Crippen molar-refractivity contribution in [2.75, 3.05) is 0 Å². The van der Waals surface area contributed by atoms with E-state index >= 15 is 0 Å². The van der Waals surface area contributed by atoms with Crippen LogP contribution in [0.25, 0.3) is 0 Å². The van der Waals surface area contributed by atoms with Crippen LogP contribution < -0.4 is 0 Å². The van der Waals surface area contributed by atoms with Gasteiger partial charge < -0.3 is 0 Å². The molecule has 1 radical (unpaired) electrons. The van der Waals surface area contributed by atoms with E-state index in [1.54, 1.807) is 18.2 Å². The molecule has 0 atom stereocenters. The van der Waals surface area contributed by atoms with Crippen LogP contribution in [-0.2, 0) is 10.1 Å². The van der Waals surface area contributed by atoms with E-state index in [0.717, 1.165) is 0 Å². The van der Waals surface area contributed by atoms with Crippen molar-refractivity contribution in [3.05, 3.63) is 30.3 Å². The molecule has 0 amide bonds. The maximum atomic E-state index is 10.4. The van der Waals surface area contributed by atoms with Crippen LogP contribution in [0.4, 0.5) is 0 Å². The Bertz CT molecular complexity index is 306. The Balaban J connectivity index is 0.000001000. The molecule has 1 N–H and O–H groups in total. The van der Waals surface area contributed by atoms with Crippen LogP contribution in [0.1, 0.15) is 0 Å². The zero-order valence-electron chi connectivity index (χ0n) is 6.06. The van der Waals surface area contributed by atoms with Crippen molar-refractivity contribution in [3.8, 4) is 0 Å². The van der Waals surface area contributed by atoms with Gasteiger partial charge in [-0.25, -0.2) is 0 Å². The van der Waals surface area contributed by atoms with Crippen molar-refractivity contribution < 1.29 is 13.0 Å². The Hall–Kier alpha value is 0.130. The van der Waals surface area contributed by atoms with Crippen LogP contribution in [-0.4, -0.2) is 42.5 Å². The average Bonchev–Trinajstić information content (AvgIpc) is 1.88. The zero-order valence-corrected chi connectivity index (χ0v) is 8.88. The fourth-order valence-corrected chi connectivity index (χ4v) is 1.09. The fourth-order valence-electron chi connectivity index (χ4n) is 0.592. The monoisotopic (exact) mass is 181 g/mol. The molecular formula is C6H6NaO3S. The van der Waals surface area contributed by atoms with E-state index in [1.165, 1.54) is 12.1 Å². The summed E-state index contributed by atoms with van der Waals surface area (Å²) < 4.78 is 29.2. The van der Waals surface area contributed by atoms with Gasteiger partial charge in [-0.1, -0.05) is 18.2 Å². The predicted octanol–water partition coefficient (Wildman–Crippen LogP) is 0.553. The molecule has 0 saturated carbocycles. The smallest absolute Gasteiger partial charge is 0.282 e.